The van der Waals surface area contributed by atoms with Crippen molar-refractivity contribution in [3.63, 3.8) is 0 Å². The van der Waals surface area contributed by atoms with Crippen LogP contribution < -0.4 is 11.1 Å². The highest BCUT2D eigenvalue weighted by molar-refractivity contribution is 5.82. The van der Waals surface area contributed by atoms with Crippen molar-refractivity contribution in [1.29, 1.82) is 0 Å². The zero-order chi connectivity index (χ0) is 14.9. The van der Waals surface area contributed by atoms with Gasteiger partial charge >= 0.3 is 11.9 Å². The number of halogens is 3. The van der Waals surface area contributed by atoms with Crippen molar-refractivity contribution in [2.75, 3.05) is 6.54 Å². The Labute approximate surface area is 111 Å². The van der Waals surface area contributed by atoms with Crippen molar-refractivity contribution in [2.45, 2.75) is 19.1 Å². The molecule has 0 saturated heterocycles. The quantitative estimate of drug-likeness (QED) is 0.937. The molecule has 0 spiro atoms. The number of carbonyl (C=O) groups is 1. The molecule has 108 valence electrons. The number of alkyl halides is 3. The second-order valence-corrected chi connectivity index (χ2v) is 4.21. The van der Waals surface area contributed by atoms with E-state index in [0.717, 1.165) is 4.57 Å². The van der Waals surface area contributed by atoms with Gasteiger partial charge in [-0.2, -0.15) is 13.2 Å². The van der Waals surface area contributed by atoms with Crippen LogP contribution in [0, 0.1) is 0 Å². The third kappa shape index (κ3) is 2.84. The molecule has 1 aromatic heterocycles. The topological polar surface area (TPSA) is 64.2 Å². The van der Waals surface area contributed by atoms with E-state index in [2.05, 4.69) is 0 Å². The van der Waals surface area contributed by atoms with Crippen LogP contribution >= 0.6 is 0 Å². The van der Waals surface area contributed by atoms with Crippen LogP contribution in [0.3, 0.4) is 0 Å². The van der Waals surface area contributed by atoms with E-state index in [4.69, 9.17) is 4.42 Å². The molecule has 20 heavy (non-hydrogen) atoms. The predicted molar refractivity (Wildman–Crippen MR) is 64.2 cm³/mol. The molecule has 0 fully saturated rings. The van der Waals surface area contributed by atoms with Crippen LogP contribution in [0.1, 0.15) is 13.0 Å². The van der Waals surface area contributed by atoms with Crippen LogP contribution in [0.5, 0.6) is 0 Å². The van der Waals surface area contributed by atoms with Gasteiger partial charge in [0.05, 0.1) is 5.52 Å². The van der Waals surface area contributed by atoms with Gasteiger partial charge in [0.15, 0.2) is 5.58 Å². The maximum absolute atomic E-state index is 12.1. The largest absolute Gasteiger partial charge is 0.420 e. The third-order valence-electron chi connectivity index (χ3n) is 2.75. The number of amides is 1. The highest BCUT2D eigenvalue weighted by atomic mass is 19.4. The smallest absolute Gasteiger partial charge is 0.408 e. The van der Waals surface area contributed by atoms with Gasteiger partial charge < -0.3 is 9.73 Å². The number of carbonyl (C=O) groups excluding carboxylic acids is 1. The average Bonchev–Trinajstić information content (AvgIpc) is 2.70. The lowest BCUT2D eigenvalue weighted by molar-refractivity contribution is -0.140. The molecule has 2 aromatic rings. The fourth-order valence-electron chi connectivity index (χ4n) is 1.80. The van der Waals surface area contributed by atoms with E-state index in [-0.39, 0.29) is 5.58 Å². The molecule has 1 heterocycles. The molecule has 0 bridgehead atoms. The summed E-state index contributed by atoms with van der Waals surface area (Å²) in [5, 5.41) is 1.74. The Morgan fingerprint density at radius 2 is 2.05 bits per heavy atom. The molecule has 1 aromatic carbocycles. The number of nitrogens with one attached hydrogen (secondary N) is 1. The first-order chi connectivity index (χ1) is 9.29. The Kier molecular flexibility index (Phi) is 3.56. The van der Waals surface area contributed by atoms with Crippen molar-refractivity contribution < 1.29 is 22.4 Å². The second-order valence-electron chi connectivity index (χ2n) is 4.21. The fraction of sp³-hybridized carbons (Fsp3) is 0.333. The normalized spacial score (nSPS) is 13.4. The Balaban J connectivity index is 2.27. The zero-order valence-electron chi connectivity index (χ0n) is 10.4. The number of para-hydroxylation sites is 2. The first kappa shape index (κ1) is 14.2. The molecule has 1 atom stereocenters. The minimum Gasteiger partial charge on any atom is -0.408 e. The number of fused-ring (bicyclic) bond motifs is 1. The maximum atomic E-state index is 12.1. The van der Waals surface area contributed by atoms with Crippen LogP contribution in [0.25, 0.3) is 11.1 Å². The van der Waals surface area contributed by atoms with Crippen LogP contribution in [0.4, 0.5) is 13.2 Å². The summed E-state index contributed by atoms with van der Waals surface area (Å²) < 4.78 is 42.1. The number of rotatable bonds is 3. The first-order valence-electron chi connectivity index (χ1n) is 5.74. The lowest BCUT2D eigenvalue weighted by atomic mass is 10.2. The molecule has 2 rings (SSSR count). The lowest BCUT2D eigenvalue weighted by Gasteiger charge is -2.14. The predicted octanol–water partition coefficient (Wildman–Crippen LogP) is 1.83. The van der Waals surface area contributed by atoms with Gasteiger partial charge in [-0.15, -0.1) is 0 Å². The van der Waals surface area contributed by atoms with Crippen molar-refractivity contribution in [2.24, 2.45) is 0 Å². The van der Waals surface area contributed by atoms with Crippen molar-refractivity contribution in [1.82, 2.24) is 9.88 Å². The highest BCUT2D eigenvalue weighted by Gasteiger charge is 2.29. The van der Waals surface area contributed by atoms with E-state index in [9.17, 15) is 22.8 Å². The molecule has 5 nitrogen and oxygen atoms in total. The van der Waals surface area contributed by atoms with Gasteiger partial charge in [0.25, 0.3) is 0 Å². The van der Waals surface area contributed by atoms with E-state index < -0.39 is 30.4 Å². The molecule has 0 aliphatic rings. The van der Waals surface area contributed by atoms with E-state index >= 15 is 0 Å². The maximum Gasteiger partial charge on any atom is 0.420 e. The molecule has 1 amide bonds. The van der Waals surface area contributed by atoms with Crippen LogP contribution in [-0.2, 0) is 4.79 Å². The highest BCUT2D eigenvalue weighted by Crippen LogP contribution is 2.17. The number of benzene rings is 1. The molecule has 0 aliphatic carbocycles. The molecule has 8 heteroatoms. The lowest BCUT2D eigenvalue weighted by Crippen LogP contribution is -2.39. The van der Waals surface area contributed by atoms with Gasteiger partial charge in [-0.25, -0.2) is 4.79 Å². The number of nitrogens with zero attached hydrogens (tertiary/aromatic N) is 1. The monoisotopic (exact) mass is 288 g/mol. The van der Waals surface area contributed by atoms with Gasteiger partial charge in [-0.1, -0.05) is 12.1 Å². The van der Waals surface area contributed by atoms with E-state index in [0.29, 0.717) is 5.52 Å². The number of hydrogen-bond donors (Lipinski definition) is 1. The Morgan fingerprint density at radius 3 is 2.70 bits per heavy atom. The van der Waals surface area contributed by atoms with Crippen LogP contribution in [0.2, 0.25) is 0 Å². The summed E-state index contributed by atoms with van der Waals surface area (Å²) in [6.07, 6.45) is -4.50. The number of aromatic nitrogens is 1. The van der Waals surface area contributed by atoms with Gasteiger partial charge in [0.1, 0.15) is 12.6 Å². The number of hydrogen-bond acceptors (Lipinski definition) is 3. The Bertz CT molecular complexity index is 687. The van der Waals surface area contributed by atoms with Crippen molar-refractivity contribution in [3.05, 3.63) is 34.8 Å². The van der Waals surface area contributed by atoms with Gasteiger partial charge in [-0.05, 0) is 19.1 Å². The van der Waals surface area contributed by atoms with E-state index in [1.165, 1.54) is 13.0 Å². The summed E-state index contributed by atoms with van der Waals surface area (Å²) in [4.78, 5) is 23.4. The summed E-state index contributed by atoms with van der Waals surface area (Å²) in [6, 6.07) is 5.26. The van der Waals surface area contributed by atoms with Crippen LogP contribution in [0.15, 0.2) is 33.5 Å². The molecular weight excluding hydrogens is 277 g/mol. The second kappa shape index (κ2) is 5.03. The van der Waals surface area contributed by atoms with Crippen molar-refractivity contribution in [3.8, 4) is 0 Å². The Hall–Kier alpha value is -2.25. The van der Waals surface area contributed by atoms with Crippen LogP contribution in [-0.4, -0.2) is 23.2 Å². The SMILES string of the molecule is CC(C(=O)NCC(F)(F)F)n1c(=O)oc2ccccc21. The molecule has 0 saturated carbocycles. The summed E-state index contributed by atoms with van der Waals surface area (Å²) >= 11 is 0. The minimum absolute atomic E-state index is 0.271. The van der Waals surface area contributed by atoms with Crippen molar-refractivity contribution >= 4 is 17.0 Å². The Morgan fingerprint density at radius 1 is 1.40 bits per heavy atom. The molecule has 1 N–H and O–H groups in total. The first-order valence-corrected chi connectivity index (χ1v) is 5.74. The minimum atomic E-state index is -4.50. The summed E-state index contributed by atoms with van der Waals surface area (Å²) in [5.41, 5.74) is 0.625. The fourth-order valence-corrected chi connectivity index (χ4v) is 1.80. The summed E-state index contributed by atoms with van der Waals surface area (Å²) in [6.45, 7) is -0.115. The van der Waals surface area contributed by atoms with Gasteiger partial charge in [0, 0.05) is 0 Å². The zero-order valence-corrected chi connectivity index (χ0v) is 10.4. The molecule has 1 unspecified atom stereocenters. The summed E-state index contributed by atoms with van der Waals surface area (Å²) in [7, 11) is 0. The third-order valence-corrected chi connectivity index (χ3v) is 2.75. The van der Waals surface area contributed by atoms with E-state index in [1.807, 2.05) is 0 Å². The van der Waals surface area contributed by atoms with Gasteiger partial charge in [-0.3, -0.25) is 9.36 Å². The molecular formula is C12H11F3N2O3. The molecule has 0 aliphatic heterocycles. The van der Waals surface area contributed by atoms with E-state index in [1.54, 1.807) is 23.5 Å². The average molecular weight is 288 g/mol. The standard InChI is InChI=1S/C12H11F3N2O3/c1-7(10(18)16-6-12(13,14)15)17-8-4-2-3-5-9(8)20-11(17)19/h2-5,7H,6H2,1H3,(H,16,18). The molecule has 0 radical (unpaired) electrons. The summed E-state index contributed by atoms with van der Waals surface area (Å²) in [5.74, 6) is -1.70. The number of oxazole rings is 1. The van der Waals surface area contributed by atoms with Gasteiger partial charge in [0.2, 0.25) is 5.91 Å².